The van der Waals surface area contributed by atoms with Gasteiger partial charge in [0.1, 0.15) is 11.5 Å². The van der Waals surface area contributed by atoms with Crippen LogP contribution in [-0.2, 0) is 22.7 Å². The summed E-state index contributed by atoms with van der Waals surface area (Å²) in [6.45, 7) is 0.789. The van der Waals surface area contributed by atoms with E-state index in [1.165, 1.54) is 0 Å². The summed E-state index contributed by atoms with van der Waals surface area (Å²) in [6, 6.07) is 7.07. The number of aliphatic hydroxyl groups excluding tert-OH is 1. The van der Waals surface area contributed by atoms with Crippen molar-refractivity contribution in [2.75, 3.05) is 13.2 Å². The molecule has 3 rings (SSSR count). The molecule has 7 nitrogen and oxygen atoms in total. The minimum atomic E-state index is -0.512. The van der Waals surface area contributed by atoms with Crippen molar-refractivity contribution < 1.29 is 23.5 Å². The molecule has 2 aromatic rings. The number of rotatable bonds is 7. The Kier molecular flexibility index (Phi) is 5.00. The number of nitrogens with one attached hydrogen (secondary N) is 1. The first-order valence-corrected chi connectivity index (χ1v) is 7.91. The van der Waals surface area contributed by atoms with Crippen LogP contribution in [0.3, 0.4) is 0 Å². The summed E-state index contributed by atoms with van der Waals surface area (Å²) in [6.07, 6.45) is 3.36. The molecule has 0 aliphatic carbocycles. The van der Waals surface area contributed by atoms with Crippen molar-refractivity contribution in [3.63, 3.8) is 0 Å². The van der Waals surface area contributed by atoms with Crippen molar-refractivity contribution in [2.45, 2.75) is 19.5 Å². The van der Waals surface area contributed by atoms with Gasteiger partial charge in [-0.3, -0.25) is 9.59 Å². The molecule has 1 saturated heterocycles. The van der Waals surface area contributed by atoms with Crippen LogP contribution in [-0.4, -0.2) is 35.0 Å². The molecular weight excluding hydrogens is 312 g/mol. The van der Waals surface area contributed by atoms with E-state index in [1.54, 1.807) is 41.7 Å². The first-order valence-electron chi connectivity index (χ1n) is 7.91. The van der Waals surface area contributed by atoms with Crippen LogP contribution >= 0.6 is 0 Å². The zero-order chi connectivity index (χ0) is 16.9. The lowest BCUT2D eigenvalue weighted by Crippen LogP contribution is -2.35. The van der Waals surface area contributed by atoms with E-state index >= 15 is 0 Å². The molecule has 7 heteroatoms. The summed E-state index contributed by atoms with van der Waals surface area (Å²) in [7, 11) is 0. The SMILES string of the molecule is O=C(NCc1ccco1)[C@@H]1CN(Cc2ccco2)C(=O)[C@H]1CCO. The van der Waals surface area contributed by atoms with Gasteiger partial charge in [-0.25, -0.2) is 0 Å². The van der Waals surface area contributed by atoms with E-state index in [0.29, 0.717) is 24.6 Å². The Labute approximate surface area is 139 Å². The Hall–Kier alpha value is -2.54. The van der Waals surface area contributed by atoms with E-state index in [2.05, 4.69) is 5.32 Å². The number of aliphatic hydroxyl groups is 1. The first kappa shape index (κ1) is 16.3. The smallest absolute Gasteiger partial charge is 0.227 e. The number of hydrogen-bond acceptors (Lipinski definition) is 5. The quantitative estimate of drug-likeness (QED) is 0.793. The van der Waals surface area contributed by atoms with Gasteiger partial charge in [0.25, 0.3) is 0 Å². The van der Waals surface area contributed by atoms with Gasteiger partial charge in [-0.15, -0.1) is 0 Å². The number of carbonyl (C=O) groups is 2. The fraction of sp³-hybridized carbons (Fsp3) is 0.412. The molecule has 0 spiro atoms. The molecule has 1 aliphatic heterocycles. The molecule has 1 aliphatic rings. The average Bonchev–Trinajstić information content (AvgIpc) is 3.31. The van der Waals surface area contributed by atoms with Gasteiger partial charge in [0.2, 0.25) is 11.8 Å². The number of likely N-dealkylation sites (tertiary alicyclic amines) is 1. The number of carbonyl (C=O) groups excluding carboxylic acids is 2. The Balaban J connectivity index is 1.65. The van der Waals surface area contributed by atoms with Crippen LogP contribution in [0.4, 0.5) is 0 Å². The standard InChI is InChI=1S/C17H20N2O5/c20-6-5-14-15(16(21)18-9-12-3-1-7-23-12)11-19(17(14)22)10-13-4-2-8-24-13/h1-4,7-8,14-15,20H,5-6,9-11H2,(H,18,21)/t14-,15+/m0/s1. The highest BCUT2D eigenvalue weighted by Crippen LogP contribution is 2.29. The monoisotopic (exact) mass is 332 g/mol. The molecule has 2 amide bonds. The van der Waals surface area contributed by atoms with E-state index in [9.17, 15) is 14.7 Å². The predicted molar refractivity (Wildman–Crippen MR) is 83.4 cm³/mol. The van der Waals surface area contributed by atoms with Gasteiger partial charge in [0.15, 0.2) is 0 Å². The third kappa shape index (κ3) is 3.51. The molecule has 0 radical (unpaired) electrons. The van der Waals surface area contributed by atoms with Crippen molar-refractivity contribution in [3.8, 4) is 0 Å². The van der Waals surface area contributed by atoms with Crippen LogP contribution in [0.15, 0.2) is 45.6 Å². The molecule has 1 fully saturated rings. The van der Waals surface area contributed by atoms with Gasteiger partial charge < -0.3 is 24.2 Å². The van der Waals surface area contributed by atoms with E-state index in [0.717, 1.165) is 0 Å². The van der Waals surface area contributed by atoms with Crippen LogP contribution in [0.2, 0.25) is 0 Å². The summed E-state index contributed by atoms with van der Waals surface area (Å²) in [5.41, 5.74) is 0. The lowest BCUT2D eigenvalue weighted by molar-refractivity contribution is -0.134. The second-order valence-electron chi connectivity index (χ2n) is 5.82. The van der Waals surface area contributed by atoms with Gasteiger partial charge in [-0.1, -0.05) is 0 Å². The molecule has 0 saturated carbocycles. The zero-order valence-corrected chi connectivity index (χ0v) is 13.2. The van der Waals surface area contributed by atoms with Crippen LogP contribution in [0.25, 0.3) is 0 Å². The largest absolute Gasteiger partial charge is 0.467 e. The Morgan fingerprint density at radius 2 is 1.96 bits per heavy atom. The van der Waals surface area contributed by atoms with Crippen molar-refractivity contribution in [2.24, 2.45) is 11.8 Å². The maximum absolute atomic E-state index is 12.5. The summed E-state index contributed by atoms with van der Waals surface area (Å²) in [5.74, 6) is -0.0172. The lowest BCUT2D eigenvalue weighted by Gasteiger charge is -2.15. The van der Waals surface area contributed by atoms with Crippen molar-refractivity contribution in [3.05, 3.63) is 48.3 Å². The molecule has 0 unspecified atom stereocenters. The molecule has 2 atom stereocenters. The predicted octanol–water partition coefficient (Wildman–Crippen LogP) is 1.15. The topological polar surface area (TPSA) is 95.9 Å². The van der Waals surface area contributed by atoms with E-state index in [1.807, 2.05) is 0 Å². The Bertz CT molecular complexity index is 665. The second-order valence-corrected chi connectivity index (χ2v) is 5.82. The van der Waals surface area contributed by atoms with Gasteiger partial charge in [0.05, 0.1) is 37.5 Å². The van der Waals surface area contributed by atoms with E-state index in [-0.39, 0.29) is 31.4 Å². The minimum Gasteiger partial charge on any atom is -0.467 e. The van der Waals surface area contributed by atoms with Gasteiger partial charge in [-0.05, 0) is 30.7 Å². The van der Waals surface area contributed by atoms with E-state index < -0.39 is 11.8 Å². The van der Waals surface area contributed by atoms with Crippen LogP contribution in [0, 0.1) is 11.8 Å². The molecule has 128 valence electrons. The highest BCUT2D eigenvalue weighted by atomic mass is 16.3. The Morgan fingerprint density at radius 1 is 1.25 bits per heavy atom. The number of nitrogens with zero attached hydrogens (tertiary/aromatic N) is 1. The highest BCUT2D eigenvalue weighted by molar-refractivity contribution is 5.91. The van der Waals surface area contributed by atoms with Gasteiger partial charge in [0, 0.05) is 13.2 Å². The first-order chi connectivity index (χ1) is 11.7. The minimum absolute atomic E-state index is 0.126. The van der Waals surface area contributed by atoms with E-state index in [4.69, 9.17) is 8.83 Å². The maximum atomic E-state index is 12.5. The normalized spacial score (nSPS) is 20.5. The fourth-order valence-electron chi connectivity index (χ4n) is 3.04. The molecule has 3 heterocycles. The number of furan rings is 2. The third-order valence-electron chi connectivity index (χ3n) is 4.25. The number of amides is 2. The fourth-order valence-corrected chi connectivity index (χ4v) is 3.04. The second kappa shape index (κ2) is 7.35. The zero-order valence-electron chi connectivity index (χ0n) is 13.2. The van der Waals surface area contributed by atoms with Crippen molar-refractivity contribution in [1.82, 2.24) is 10.2 Å². The summed E-state index contributed by atoms with van der Waals surface area (Å²) >= 11 is 0. The average molecular weight is 332 g/mol. The molecule has 24 heavy (non-hydrogen) atoms. The molecule has 2 aromatic heterocycles. The molecule has 0 bridgehead atoms. The van der Waals surface area contributed by atoms with Gasteiger partial charge in [-0.2, -0.15) is 0 Å². The highest BCUT2D eigenvalue weighted by Gasteiger charge is 2.43. The van der Waals surface area contributed by atoms with Crippen molar-refractivity contribution in [1.29, 1.82) is 0 Å². The summed E-state index contributed by atoms with van der Waals surface area (Å²) in [5, 5.41) is 12.0. The summed E-state index contributed by atoms with van der Waals surface area (Å²) < 4.78 is 10.5. The van der Waals surface area contributed by atoms with Crippen molar-refractivity contribution >= 4 is 11.8 Å². The maximum Gasteiger partial charge on any atom is 0.227 e. The summed E-state index contributed by atoms with van der Waals surface area (Å²) in [4.78, 5) is 26.6. The molecule has 0 aromatic carbocycles. The molecular formula is C17H20N2O5. The third-order valence-corrected chi connectivity index (χ3v) is 4.25. The lowest BCUT2D eigenvalue weighted by atomic mass is 9.92. The van der Waals surface area contributed by atoms with Gasteiger partial charge >= 0.3 is 0 Å². The van der Waals surface area contributed by atoms with Crippen LogP contribution < -0.4 is 5.32 Å². The van der Waals surface area contributed by atoms with Crippen LogP contribution in [0.5, 0.6) is 0 Å². The number of hydrogen-bond donors (Lipinski definition) is 2. The Morgan fingerprint density at radius 3 is 2.58 bits per heavy atom. The van der Waals surface area contributed by atoms with Crippen LogP contribution in [0.1, 0.15) is 17.9 Å². The molecule has 2 N–H and O–H groups in total.